The molecular weight excluding hydrogens is 421 g/mol. The maximum Gasteiger partial charge on any atom is 0.252 e. The van der Waals surface area contributed by atoms with Crippen LogP contribution in [0.3, 0.4) is 0 Å². The molecule has 9 rings (SSSR count). The van der Waals surface area contributed by atoms with Crippen LogP contribution in [0.5, 0.6) is 0 Å². The first-order valence-corrected chi connectivity index (χ1v) is 12.2. The molecular formula is C30H17B3N2. The Morgan fingerprint density at radius 2 is 0.857 bits per heavy atom. The average molecular weight is 438 g/mol. The molecule has 2 radical (unpaired) electrons. The topological polar surface area (TPSA) is 6.48 Å². The smallest absolute Gasteiger partial charge is 0.252 e. The number of anilines is 6. The Kier molecular flexibility index (Phi) is 3.29. The Hall–Kier alpha value is -4.11. The summed E-state index contributed by atoms with van der Waals surface area (Å²) in [5, 5.41) is 0. The summed E-state index contributed by atoms with van der Waals surface area (Å²) in [6.45, 7) is 0.205. The predicted octanol–water partition coefficient (Wildman–Crippen LogP) is 1.71. The zero-order chi connectivity index (χ0) is 22.7. The van der Waals surface area contributed by atoms with Crippen molar-refractivity contribution in [2.75, 3.05) is 9.80 Å². The lowest BCUT2D eigenvalue weighted by atomic mass is 9.32. The van der Waals surface area contributed by atoms with Crippen LogP contribution < -0.4 is 48.0 Å². The summed E-state index contributed by atoms with van der Waals surface area (Å²) in [7, 11) is 4.69. The Balaban J connectivity index is 1.43. The van der Waals surface area contributed by atoms with Crippen molar-refractivity contribution in [3.05, 3.63) is 103 Å². The van der Waals surface area contributed by atoms with Crippen LogP contribution in [0.4, 0.5) is 34.1 Å². The second kappa shape index (κ2) is 6.31. The van der Waals surface area contributed by atoms with Crippen LogP contribution in [-0.4, -0.2) is 21.3 Å². The van der Waals surface area contributed by atoms with Crippen molar-refractivity contribution in [1.82, 2.24) is 0 Å². The molecule has 5 aromatic carbocycles. The van der Waals surface area contributed by atoms with Crippen molar-refractivity contribution in [1.29, 1.82) is 0 Å². The van der Waals surface area contributed by atoms with E-state index in [4.69, 9.17) is 0 Å². The van der Waals surface area contributed by atoms with E-state index < -0.39 is 0 Å². The lowest BCUT2D eigenvalue weighted by molar-refractivity contribution is 1.26. The standard InChI is InChI=1S/C30H17B3N2/c1-3-14-24-18(8-1)31-20-10-5-12-22-29(20)34(24)26-16-7-17-27-28(26)33(22)23-13-6-11-21-30(23)35(27)25-15-4-2-9-19(25)32-21/h1-17H. The molecule has 0 spiro atoms. The van der Waals surface area contributed by atoms with E-state index in [-0.39, 0.29) is 6.71 Å². The normalized spacial score (nSPS) is 14.6. The molecule has 0 fully saturated rings. The molecule has 0 bridgehead atoms. The fourth-order valence-corrected chi connectivity index (χ4v) is 6.78. The van der Waals surface area contributed by atoms with E-state index in [1.54, 1.807) is 0 Å². The number of para-hydroxylation sites is 4. The molecule has 2 nitrogen and oxygen atoms in total. The molecule has 35 heavy (non-hydrogen) atoms. The quantitative estimate of drug-likeness (QED) is 0.333. The number of hydrogen-bond acceptors (Lipinski definition) is 2. The number of fused-ring (bicyclic) bond motifs is 8. The Labute approximate surface area is 206 Å². The van der Waals surface area contributed by atoms with Crippen molar-refractivity contribution in [3.63, 3.8) is 0 Å². The predicted molar refractivity (Wildman–Crippen MR) is 151 cm³/mol. The first-order chi connectivity index (χ1) is 17.4. The van der Waals surface area contributed by atoms with Crippen LogP contribution in [0.1, 0.15) is 0 Å². The summed E-state index contributed by atoms with van der Waals surface area (Å²) in [6, 6.07) is 38.1. The monoisotopic (exact) mass is 438 g/mol. The summed E-state index contributed by atoms with van der Waals surface area (Å²) >= 11 is 0. The van der Waals surface area contributed by atoms with E-state index in [1.807, 2.05) is 0 Å². The highest BCUT2D eigenvalue weighted by Crippen LogP contribution is 2.43. The van der Waals surface area contributed by atoms with Crippen molar-refractivity contribution in [2.24, 2.45) is 0 Å². The van der Waals surface area contributed by atoms with Gasteiger partial charge in [-0.3, -0.25) is 0 Å². The highest BCUT2D eigenvalue weighted by molar-refractivity contribution is 7.01. The second-order valence-electron chi connectivity index (χ2n) is 9.79. The van der Waals surface area contributed by atoms with E-state index in [0.717, 1.165) is 0 Å². The molecule has 0 saturated carbocycles. The molecule has 0 N–H and O–H groups in total. The highest BCUT2D eigenvalue weighted by atomic mass is 15.2. The Morgan fingerprint density at radius 1 is 0.429 bits per heavy atom. The van der Waals surface area contributed by atoms with Crippen LogP contribution in [-0.2, 0) is 0 Å². The van der Waals surface area contributed by atoms with Crippen molar-refractivity contribution in [2.45, 2.75) is 0 Å². The molecule has 4 aliphatic rings. The highest BCUT2D eigenvalue weighted by Gasteiger charge is 2.46. The van der Waals surface area contributed by atoms with Gasteiger partial charge in [-0.15, -0.1) is 0 Å². The van der Waals surface area contributed by atoms with Gasteiger partial charge in [-0.05, 0) is 40.7 Å². The average Bonchev–Trinajstić information content (AvgIpc) is 2.91. The van der Waals surface area contributed by atoms with E-state index >= 15 is 0 Å². The molecule has 0 amide bonds. The molecule has 0 aliphatic carbocycles. The lowest BCUT2D eigenvalue weighted by Gasteiger charge is -2.48. The second-order valence-corrected chi connectivity index (χ2v) is 9.79. The zero-order valence-corrected chi connectivity index (χ0v) is 18.9. The van der Waals surface area contributed by atoms with Gasteiger partial charge in [0.2, 0.25) is 0 Å². The van der Waals surface area contributed by atoms with Gasteiger partial charge in [0.05, 0.1) is 0 Å². The molecule has 0 unspecified atom stereocenters. The van der Waals surface area contributed by atoms with E-state index in [0.29, 0.717) is 0 Å². The molecule has 4 heterocycles. The summed E-state index contributed by atoms with van der Waals surface area (Å²) in [4.78, 5) is 5.01. The first kappa shape index (κ1) is 18.3. The fourth-order valence-electron chi connectivity index (χ4n) is 6.78. The third-order valence-electron chi connectivity index (χ3n) is 8.07. The molecule has 156 valence electrons. The number of rotatable bonds is 0. The van der Waals surface area contributed by atoms with Gasteiger partial charge >= 0.3 is 0 Å². The van der Waals surface area contributed by atoms with Crippen molar-refractivity contribution < 1.29 is 0 Å². The van der Waals surface area contributed by atoms with Crippen LogP contribution in [0.25, 0.3) is 0 Å². The molecule has 0 aromatic heterocycles. The Morgan fingerprint density at radius 3 is 1.40 bits per heavy atom. The largest absolute Gasteiger partial charge is 0.313 e. The van der Waals surface area contributed by atoms with E-state index in [2.05, 4.69) is 127 Å². The Bertz CT molecular complexity index is 1620. The molecule has 5 heteroatoms. The maximum atomic E-state index is 2.51. The summed E-state index contributed by atoms with van der Waals surface area (Å²) in [5.74, 6) is 0. The van der Waals surface area contributed by atoms with Gasteiger partial charge in [-0.25, -0.2) is 0 Å². The van der Waals surface area contributed by atoms with Crippen molar-refractivity contribution in [3.8, 4) is 0 Å². The minimum Gasteiger partial charge on any atom is -0.313 e. The van der Waals surface area contributed by atoms with Gasteiger partial charge in [-0.2, -0.15) is 0 Å². The minimum atomic E-state index is 0.205. The van der Waals surface area contributed by atoms with Gasteiger partial charge in [0.1, 0.15) is 0 Å². The SMILES string of the molecule is [B]1c2ccccc2N2c3cccc4c3B(c3cccc1c32)c1cccc2c1N4c1ccccc1[B]2. The summed E-state index contributed by atoms with van der Waals surface area (Å²) in [5.41, 5.74) is 17.0. The third-order valence-corrected chi connectivity index (χ3v) is 8.07. The molecule has 4 aliphatic heterocycles. The van der Waals surface area contributed by atoms with E-state index in [9.17, 15) is 0 Å². The van der Waals surface area contributed by atoms with E-state index in [1.165, 1.54) is 72.4 Å². The van der Waals surface area contributed by atoms with Crippen LogP contribution in [0, 0.1) is 0 Å². The maximum absolute atomic E-state index is 2.51. The summed E-state index contributed by atoms with van der Waals surface area (Å²) < 4.78 is 0. The fraction of sp³-hybridized carbons (Fsp3) is 0. The van der Waals surface area contributed by atoms with Gasteiger partial charge in [0.15, 0.2) is 14.6 Å². The number of hydrogen-bond donors (Lipinski definition) is 0. The van der Waals surface area contributed by atoms with Gasteiger partial charge in [-0.1, -0.05) is 101 Å². The number of nitrogens with zero attached hydrogens (tertiary/aromatic N) is 2. The lowest BCUT2D eigenvalue weighted by Crippen LogP contribution is -2.65. The number of benzene rings is 5. The van der Waals surface area contributed by atoms with Gasteiger partial charge in [0, 0.05) is 34.1 Å². The molecule has 5 aromatic rings. The third kappa shape index (κ3) is 2.16. The van der Waals surface area contributed by atoms with Crippen LogP contribution in [0.15, 0.2) is 103 Å². The molecule has 0 saturated heterocycles. The minimum absolute atomic E-state index is 0.205. The first-order valence-electron chi connectivity index (χ1n) is 12.2. The molecule has 0 atom stereocenters. The van der Waals surface area contributed by atoms with Crippen molar-refractivity contribution >= 4 is 93.6 Å². The summed E-state index contributed by atoms with van der Waals surface area (Å²) in [6.07, 6.45) is 0. The van der Waals surface area contributed by atoms with Gasteiger partial charge in [0.25, 0.3) is 6.71 Å². The van der Waals surface area contributed by atoms with Crippen LogP contribution >= 0.6 is 0 Å². The van der Waals surface area contributed by atoms with Gasteiger partial charge < -0.3 is 9.80 Å². The zero-order valence-electron chi connectivity index (χ0n) is 18.9. The van der Waals surface area contributed by atoms with Crippen LogP contribution in [0.2, 0.25) is 0 Å².